The summed E-state index contributed by atoms with van der Waals surface area (Å²) in [5.41, 5.74) is -6.86. The van der Waals surface area contributed by atoms with Crippen LogP contribution in [0.3, 0.4) is 0 Å². The van der Waals surface area contributed by atoms with Gasteiger partial charge in [-0.3, -0.25) is 9.59 Å². The fourth-order valence-electron chi connectivity index (χ4n) is 10.1. The Bertz CT molecular complexity index is 2090. The average Bonchev–Trinajstić information content (AvgIpc) is 3.28. The number of carbonyl (C=O) groups is 5. The van der Waals surface area contributed by atoms with Gasteiger partial charge in [-0.05, 0) is 54.1 Å². The Morgan fingerprint density at radius 2 is 1.62 bits per heavy atom. The summed E-state index contributed by atoms with van der Waals surface area (Å²) >= 11 is 0.962. The Morgan fingerprint density at radius 3 is 2.26 bits per heavy atom. The molecule has 6 rings (SSSR count). The molecular weight excluding hydrogens is 887 g/mol. The lowest BCUT2D eigenvalue weighted by atomic mass is 9.44. The molecule has 2 aromatic rings. The SMILES string of the molecule is CC(=O)O[C@@]12CO[C@@H]1C[C@H](O)[C@@]1(C)C(=O)[C@H](O)C3=C(C)[C@@H](OC(=O)[C@H](OC(=O)COCCOCCCSOOON)[C@@H](C)c4ccccc4)C[C@@](O)(C(OC(=O)c4ccccc4)[C@H]21)C3(C)C. The summed E-state index contributed by atoms with van der Waals surface area (Å²) in [5.74, 6) is -1.60. The molecule has 19 nitrogen and oxygen atoms in total. The first-order valence-corrected chi connectivity index (χ1v) is 22.6. The van der Waals surface area contributed by atoms with Crippen LogP contribution in [0.2, 0.25) is 0 Å². The molecule has 20 heteroatoms. The van der Waals surface area contributed by atoms with Crippen molar-refractivity contribution in [2.45, 2.75) is 115 Å². The Labute approximate surface area is 386 Å². The average molecular weight is 946 g/mol. The van der Waals surface area contributed by atoms with Gasteiger partial charge < -0.3 is 48.5 Å². The fourth-order valence-corrected chi connectivity index (χ4v) is 10.5. The van der Waals surface area contributed by atoms with Crippen molar-refractivity contribution in [3.8, 4) is 0 Å². The van der Waals surface area contributed by atoms with E-state index in [2.05, 4.69) is 14.4 Å². The number of rotatable bonds is 20. The molecule has 1 aliphatic heterocycles. The van der Waals surface area contributed by atoms with E-state index < -0.39 is 113 Å². The molecule has 66 heavy (non-hydrogen) atoms. The number of ketones is 1. The van der Waals surface area contributed by atoms with Gasteiger partial charge in [-0.1, -0.05) is 69.3 Å². The highest BCUT2D eigenvalue weighted by Gasteiger charge is 2.78. The quantitative estimate of drug-likeness (QED) is 0.0282. The van der Waals surface area contributed by atoms with Crippen molar-refractivity contribution in [2.24, 2.45) is 22.6 Å². The van der Waals surface area contributed by atoms with Gasteiger partial charge in [0.15, 0.2) is 11.4 Å². The molecule has 2 bridgehead atoms. The largest absolute Gasteiger partial charge is 0.455 e. The van der Waals surface area contributed by atoms with Crippen LogP contribution in [0.25, 0.3) is 0 Å². The van der Waals surface area contributed by atoms with Crippen LogP contribution in [0, 0.1) is 16.7 Å². The smallest absolute Gasteiger partial charge is 0.348 e. The summed E-state index contributed by atoms with van der Waals surface area (Å²) in [5, 5.41) is 41.9. The zero-order valence-electron chi connectivity index (χ0n) is 37.7. The van der Waals surface area contributed by atoms with E-state index in [1.54, 1.807) is 76.2 Å². The van der Waals surface area contributed by atoms with Gasteiger partial charge in [-0.15, -0.1) is 9.32 Å². The highest BCUT2D eigenvalue weighted by atomic mass is 32.2. The minimum Gasteiger partial charge on any atom is -0.455 e. The fraction of sp³-hybridized carbons (Fsp3) is 0.587. The molecule has 2 saturated carbocycles. The molecule has 11 atom stereocenters. The number of hydrogen-bond donors (Lipinski definition) is 4. The second-order valence-electron chi connectivity index (χ2n) is 17.8. The third-order valence-electron chi connectivity index (χ3n) is 13.7. The van der Waals surface area contributed by atoms with Crippen molar-refractivity contribution in [2.75, 3.05) is 38.8 Å². The number of aliphatic hydroxyl groups excluding tert-OH is 2. The minimum atomic E-state index is -2.34. The van der Waals surface area contributed by atoms with Gasteiger partial charge in [0.05, 0.1) is 42.8 Å². The monoisotopic (exact) mass is 945 g/mol. The Kier molecular flexibility index (Phi) is 16.5. The standard InChI is InChI=1S/C46H59NO18S/c1-26(29-14-9-7-10-15-29)37(60-34(50)24-57-20-19-56-18-13-21-66-65-64-63-47)42(54)59-31-23-46(55)40(61-41(53)30-16-11-8-12-17-30)38-44(6,39(52)36(51)35(27(31)2)43(46,4)5)32(49)22-33-45(38,25-58-33)62-28(3)48/h7-12,14-17,26,31-33,36-38,40,49,51,55H,13,18-25,47H2,1-6H3/t26-,31-,32-,33+,36+,37+,38-,40?,44+,45-,46+/m0/s1. The van der Waals surface area contributed by atoms with Crippen LogP contribution in [0.15, 0.2) is 71.8 Å². The topological polar surface area (TPSA) is 264 Å². The normalized spacial score (nSPS) is 30.8. The number of carbonyl (C=O) groups excluding carboxylic acids is 5. The van der Waals surface area contributed by atoms with Gasteiger partial charge in [0.2, 0.25) is 6.10 Å². The first-order valence-electron chi connectivity index (χ1n) is 21.7. The predicted molar refractivity (Wildman–Crippen MR) is 230 cm³/mol. The van der Waals surface area contributed by atoms with E-state index in [0.29, 0.717) is 24.3 Å². The molecule has 0 amide bonds. The van der Waals surface area contributed by atoms with Crippen LogP contribution in [0.5, 0.6) is 0 Å². The van der Waals surface area contributed by atoms with Gasteiger partial charge in [0, 0.05) is 55.5 Å². The van der Waals surface area contributed by atoms with Crippen molar-refractivity contribution in [3.63, 3.8) is 0 Å². The van der Waals surface area contributed by atoms with Crippen molar-refractivity contribution in [1.82, 2.24) is 0 Å². The van der Waals surface area contributed by atoms with Crippen molar-refractivity contribution in [3.05, 3.63) is 82.9 Å². The van der Waals surface area contributed by atoms with E-state index in [0.717, 1.165) is 19.0 Å². The molecule has 0 aromatic heterocycles. The maximum absolute atomic E-state index is 15.1. The van der Waals surface area contributed by atoms with E-state index >= 15 is 4.79 Å². The lowest BCUT2D eigenvalue weighted by Crippen LogP contribution is -2.81. The number of Topliss-reactive ketones (excluding diaryl/α,β-unsaturated/α-hetero) is 1. The maximum atomic E-state index is 15.1. The molecule has 1 saturated heterocycles. The number of fused-ring (bicyclic) bond motifs is 5. The molecule has 0 spiro atoms. The molecule has 1 heterocycles. The van der Waals surface area contributed by atoms with E-state index in [1.807, 2.05) is 0 Å². The van der Waals surface area contributed by atoms with Crippen molar-refractivity contribution >= 4 is 41.7 Å². The molecule has 4 aliphatic rings. The van der Waals surface area contributed by atoms with Gasteiger partial charge in [-0.2, -0.15) is 5.90 Å². The van der Waals surface area contributed by atoms with E-state index in [-0.39, 0.29) is 43.0 Å². The van der Waals surface area contributed by atoms with Crippen LogP contribution in [0.1, 0.15) is 82.6 Å². The van der Waals surface area contributed by atoms with Gasteiger partial charge in [0.25, 0.3) is 0 Å². The van der Waals surface area contributed by atoms with Crippen LogP contribution in [-0.2, 0) is 66.7 Å². The molecule has 2 aromatic carbocycles. The maximum Gasteiger partial charge on any atom is 0.348 e. The predicted octanol–water partition coefficient (Wildman–Crippen LogP) is 3.17. The van der Waals surface area contributed by atoms with E-state index in [9.17, 15) is 34.5 Å². The Balaban J connectivity index is 1.33. The van der Waals surface area contributed by atoms with Crippen molar-refractivity contribution < 1.29 is 86.8 Å². The lowest BCUT2D eigenvalue weighted by molar-refractivity contribution is -0.464. The molecule has 0 radical (unpaired) electrons. The number of esters is 4. The summed E-state index contributed by atoms with van der Waals surface area (Å²) in [6.07, 6.45) is -9.41. The second-order valence-corrected chi connectivity index (χ2v) is 18.6. The van der Waals surface area contributed by atoms with Crippen LogP contribution in [0.4, 0.5) is 0 Å². The minimum absolute atomic E-state index is 0.0230. The van der Waals surface area contributed by atoms with E-state index in [4.69, 9.17) is 39.1 Å². The number of benzene rings is 2. The third kappa shape index (κ3) is 9.95. The highest BCUT2D eigenvalue weighted by Crippen LogP contribution is 2.64. The first kappa shape index (κ1) is 51.1. The second kappa shape index (κ2) is 21.3. The molecule has 362 valence electrons. The van der Waals surface area contributed by atoms with E-state index in [1.165, 1.54) is 19.1 Å². The van der Waals surface area contributed by atoms with Crippen LogP contribution >= 0.6 is 12.0 Å². The first-order chi connectivity index (χ1) is 31.3. The molecule has 1 unspecified atom stereocenters. The number of hydrogen-bond acceptors (Lipinski definition) is 20. The van der Waals surface area contributed by atoms with Crippen molar-refractivity contribution in [1.29, 1.82) is 0 Å². The summed E-state index contributed by atoms with van der Waals surface area (Å²) in [6.45, 7) is 8.59. The highest BCUT2D eigenvalue weighted by molar-refractivity contribution is 7.94. The Morgan fingerprint density at radius 1 is 0.955 bits per heavy atom. The number of aliphatic hydroxyl groups is 3. The van der Waals surface area contributed by atoms with Gasteiger partial charge in [-0.25, -0.2) is 14.4 Å². The molecule has 3 aliphatic carbocycles. The van der Waals surface area contributed by atoms with Gasteiger partial charge in [0.1, 0.15) is 36.6 Å². The summed E-state index contributed by atoms with van der Waals surface area (Å²) in [7, 11) is 0. The molecule has 5 N–H and O–H groups in total. The summed E-state index contributed by atoms with van der Waals surface area (Å²) in [4.78, 5) is 74.0. The molecular formula is C46H59NO18S. The lowest BCUT2D eigenvalue weighted by Gasteiger charge is -2.67. The van der Waals surface area contributed by atoms with Crippen LogP contribution in [-0.4, -0.2) is 132 Å². The Hall–Kier alpha value is -4.32. The zero-order valence-corrected chi connectivity index (χ0v) is 38.5. The number of nitrogens with two attached hydrogens (primary N) is 1. The summed E-state index contributed by atoms with van der Waals surface area (Å²) < 4.78 is 45.8. The molecule has 3 fully saturated rings. The zero-order chi connectivity index (χ0) is 48.0. The van der Waals surface area contributed by atoms with Gasteiger partial charge >= 0.3 is 23.9 Å². The number of ether oxygens (including phenoxy) is 7. The third-order valence-corrected chi connectivity index (χ3v) is 14.3. The van der Waals surface area contributed by atoms with Crippen LogP contribution < -0.4 is 5.90 Å². The summed E-state index contributed by atoms with van der Waals surface area (Å²) in [6, 6.07) is 16.7.